The van der Waals surface area contributed by atoms with E-state index in [1.54, 1.807) is 6.92 Å². The number of nitrogens with zero attached hydrogens (tertiary/aromatic N) is 2. The highest BCUT2D eigenvalue weighted by molar-refractivity contribution is 5.79. The van der Waals surface area contributed by atoms with E-state index >= 15 is 0 Å². The van der Waals surface area contributed by atoms with Crippen LogP contribution in [0.1, 0.15) is 31.8 Å². The largest absolute Gasteiger partial charge is 0.463 e. The third kappa shape index (κ3) is 5.29. The first-order valence-corrected chi connectivity index (χ1v) is 10.1. The Morgan fingerprint density at radius 2 is 2.04 bits per heavy atom. The van der Waals surface area contributed by atoms with Gasteiger partial charge in [-0.05, 0) is 57.4 Å². The standard InChI is InChI=1S/C22H32N4O2/c1-4-23-21(25-16-22(3,27)20-11-10-17(2)28-20)24-14-18-12-13-26(15-18)19-8-6-5-7-9-19/h5-11,18,27H,4,12-16H2,1-3H3,(H2,23,24,25). The van der Waals surface area contributed by atoms with Crippen molar-refractivity contribution in [3.63, 3.8) is 0 Å². The molecule has 2 unspecified atom stereocenters. The van der Waals surface area contributed by atoms with E-state index in [1.165, 1.54) is 5.69 Å². The van der Waals surface area contributed by atoms with Gasteiger partial charge in [0, 0.05) is 31.9 Å². The fraction of sp³-hybridized carbons (Fsp3) is 0.500. The molecule has 1 saturated heterocycles. The molecule has 28 heavy (non-hydrogen) atoms. The molecule has 1 aromatic carbocycles. The van der Waals surface area contributed by atoms with E-state index in [-0.39, 0.29) is 6.54 Å². The van der Waals surface area contributed by atoms with Crippen molar-refractivity contribution in [2.45, 2.75) is 32.8 Å². The number of furan rings is 1. The van der Waals surface area contributed by atoms with Gasteiger partial charge in [0.2, 0.25) is 0 Å². The molecule has 2 heterocycles. The maximum atomic E-state index is 10.7. The molecule has 6 nitrogen and oxygen atoms in total. The van der Waals surface area contributed by atoms with Gasteiger partial charge in [-0.3, -0.25) is 0 Å². The Labute approximate surface area is 167 Å². The number of aryl methyl sites for hydroxylation is 1. The molecule has 2 aromatic rings. The average molecular weight is 385 g/mol. The second-order valence-corrected chi connectivity index (χ2v) is 7.70. The van der Waals surface area contributed by atoms with Crippen LogP contribution in [0.3, 0.4) is 0 Å². The smallest absolute Gasteiger partial charge is 0.191 e. The molecule has 0 bridgehead atoms. The van der Waals surface area contributed by atoms with Gasteiger partial charge in [0.05, 0.1) is 6.54 Å². The van der Waals surface area contributed by atoms with Gasteiger partial charge in [-0.15, -0.1) is 0 Å². The molecule has 0 amide bonds. The van der Waals surface area contributed by atoms with E-state index in [0.29, 0.717) is 11.7 Å². The Morgan fingerprint density at radius 3 is 2.71 bits per heavy atom. The highest BCUT2D eigenvalue weighted by Crippen LogP contribution is 2.24. The molecular formula is C22H32N4O2. The fourth-order valence-corrected chi connectivity index (χ4v) is 3.49. The predicted molar refractivity (Wildman–Crippen MR) is 114 cm³/mol. The summed E-state index contributed by atoms with van der Waals surface area (Å²) in [6, 6.07) is 14.2. The Bertz CT molecular complexity index is 770. The minimum absolute atomic E-state index is 0.232. The third-order valence-electron chi connectivity index (χ3n) is 5.13. The predicted octanol–water partition coefficient (Wildman–Crippen LogP) is 2.88. The average Bonchev–Trinajstić information content (AvgIpc) is 3.34. The SMILES string of the molecule is CCNC(=NCC(C)(O)c1ccc(C)o1)NCC1CCN(c2ccccc2)C1. The number of anilines is 1. The van der Waals surface area contributed by atoms with Crippen molar-refractivity contribution in [2.75, 3.05) is 37.6 Å². The molecule has 3 rings (SSSR count). The second kappa shape index (κ2) is 9.15. The van der Waals surface area contributed by atoms with Gasteiger partial charge in [-0.2, -0.15) is 0 Å². The summed E-state index contributed by atoms with van der Waals surface area (Å²) in [5, 5.41) is 17.4. The van der Waals surface area contributed by atoms with Crippen LogP contribution >= 0.6 is 0 Å². The third-order valence-corrected chi connectivity index (χ3v) is 5.13. The number of rotatable bonds is 7. The molecule has 2 atom stereocenters. The number of nitrogens with one attached hydrogen (secondary N) is 2. The molecule has 3 N–H and O–H groups in total. The number of hydrogen-bond donors (Lipinski definition) is 3. The minimum atomic E-state index is -1.13. The van der Waals surface area contributed by atoms with Gasteiger partial charge in [0.1, 0.15) is 17.1 Å². The molecule has 152 valence electrons. The van der Waals surface area contributed by atoms with Crippen LogP contribution < -0.4 is 15.5 Å². The summed E-state index contributed by atoms with van der Waals surface area (Å²) in [7, 11) is 0. The van der Waals surface area contributed by atoms with Crippen LogP contribution in [0.25, 0.3) is 0 Å². The summed E-state index contributed by atoms with van der Waals surface area (Å²) >= 11 is 0. The lowest BCUT2D eigenvalue weighted by Gasteiger charge is -2.21. The van der Waals surface area contributed by atoms with Gasteiger partial charge >= 0.3 is 0 Å². The molecule has 0 saturated carbocycles. The first kappa shape index (κ1) is 20.3. The Balaban J connectivity index is 1.54. The summed E-state index contributed by atoms with van der Waals surface area (Å²) in [6.07, 6.45) is 1.16. The van der Waals surface area contributed by atoms with Gasteiger partial charge in [-0.1, -0.05) is 18.2 Å². The lowest BCUT2D eigenvalue weighted by molar-refractivity contribution is 0.0428. The van der Waals surface area contributed by atoms with Crippen molar-refractivity contribution >= 4 is 11.6 Å². The highest BCUT2D eigenvalue weighted by Gasteiger charge is 2.27. The number of guanidine groups is 1. The summed E-state index contributed by atoms with van der Waals surface area (Å²) in [5.41, 5.74) is 0.156. The zero-order valence-electron chi connectivity index (χ0n) is 17.1. The van der Waals surface area contributed by atoms with Crippen molar-refractivity contribution in [1.29, 1.82) is 0 Å². The summed E-state index contributed by atoms with van der Waals surface area (Å²) in [5.74, 6) is 2.62. The monoisotopic (exact) mass is 384 g/mol. The summed E-state index contributed by atoms with van der Waals surface area (Å²) in [4.78, 5) is 7.01. The van der Waals surface area contributed by atoms with Gasteiger partial charge in [0.25, 0.3) is 0 Å². The number of aliphatic hydroxyl groups is 1. The zero-order chi connectivity index (χ0) is 20.0. The number of hydrogen-bond acceptors (Lipinski definition) is 4. The lowest BCUT2D eigenvalue weighted by atomic mass is 10.0. The van der Waals surface area contributed by atoms with Crippen molar-refractivity contribution in [1.82, 2.24) is 10.6 Å². The molecule has 0 spiro atoms. The minimum Gasteiger partial charge on any atom is -0.463 e. The van der Waals surface area contributed by atoms with E-state index in [2.05, 4.69) is 50.9 Å². The van der Waals surface area contributed by atoms with E-state index < -0.39 is 5.60 Å². The van der Waals surface area contributed by atoms with E-state index in [4.69, 9.17) is 4.42 Å². The summed E-state index contributed by atoms with van der Waals surface area (Å²) in [6.45, 7) is 9.62. The van der Waals surface area contributed by atoms with Crippen LogP contribution in [0, 0.1) is 12.8 Å². The summed E-state index contributed by atoms with van der Waals surface area (Å²) < 4.78 is 5.57. The molecule has 6 heteroatoms. The van der Waals surface area contributed by atoms with Crippen molar-refractivity contribution in [2.24, 2.45) is 10.9 Å². The molecule has 1 aromatic heterocycles. The van der Waals surface area contributed by atoms with Crippen LogP contribution in [0.15, 0.2) is 51.9 Å². The number of benzene rings is 1. The Hall–Kier alpha value is -2.47. The van der Waals surface area contributed by atoms with Crippen LogP contribution in [-0.4, -0.2) is 43.8 Å². The zero-order valence-corrected chi connectivity index (χ0v) is 17.1. The number of para-hydroxylation sites is 1. The van der Waals surface area contributed by atoms with Gasteiger partial charge in [0.15, 0.2) is 5.96 Å². The van der Waals surface area contributed by atoms with Crippen molar-refractivity contribution < 1.29 is 9.52 Å². The topological polar surface area (TPSA) is 73.0 Å². The molecule has 1 aliphatic heterocycles. The quantitative estimate of drug-likeness (QED) is 0.506. The van der Waals surface area contributed by atoms with Gasteiger partial charge in [-0.25, -0.2) is 4.99 Å². The molecule has 1 fully saturated rings. The maximum absolute atomic E-state index is 10.7. The van der Waals surface area contributed by atoms with E-state index in [1.807, 2.05) is 26.0 Å². The van der Waals surface area contributed by atoms with Crippen molar-refractivity contribution in [3.8, 4) is 0 Å². The van der Waals surface area contributed by atoms with Crippen LogP contribution in [0.5, 0.6) is 0 Å². The Kier molecular flexibility index (Phi) is 6.62. The second-order valence-electron chi connectivity index (χ2n) is 7.70. The molecule has 1 aliphatic rings. The van der Waals surface area contributed by atoms with Crippen LogP contribution in [-0.2, 0) is 5.60 Å². The maximum Gasteiger partial charge on any atom is 0.191 e. The molecule has 0 radical (unpaired) electrons. The van der Waals surface area contributed by atoms with Crippen LogP contribution in [0.4, 0.5) is 5.69 Å². The van der Waals surface area contributed by atoms with Crippen molar-refractivity contribution in [3.05, 3.63) is 54.0 Å². The highest BCUT2D eigenvalue weighted by atomic mass is 16.4. The van der Waals surface area contributed by atoms with Gasteiger partial charge < -0.3 is 25.1 Å². The molecule has 0 aliphatic carbocycles. The first-order chi connectivity index (χ1) is 13.5. The first-order valence-electron chi connectivity index (χ1n) is 10.1. The van der Waals surface area contributed by atoms with E-state index in [9.17, 15) is 5.11 Å². The van der Waals surface area contributed by atoms with E-state index in [0.717, 1.165) is 44.3 Å². The van der Waals surface area contributed by atoms with Crippen LogP contribution in [0.2, 0.25) is 0 Å². The normalized spacial score (nSPS) is 19.5. The lowest BCUT2D eigenvalue weighted by Crippen LogP contribution is -2.41. The Morgan fingerprint density at radius 1 is 1.25 bits per heavy atom. The number of aliphatic imine (C=N–C) groups is 1. The molecular weight excluding hydrogens is 352 g/mol. The fourth-order valence-electron chi connectivity index (χ4n) is 3.49.